The summed E-state index contributed by atoms with van der Waals surface area (Å²) in [5.74, 6) is 0.0506. The third-order valence-corrected chi connectivity index (χ3v) is 2.84. The van der Waals surface area contributed by atoms with E-state index in [1.165, 1.54) is 5.56 Å². The predicted molar refractivity (Wildman–Crippen MR) is 70.6 cm³/mol. The number of carbonyl (C=O) groups excluding carboxylic acids is 1. The van der Waals surface area contributed by atoms with Gasteiger partial charge in [0.1, 0.15) is 6.61 Å². The van der Waals surface area contributed by atoms with Crippen LogP contribution in [0.3, 0.4) is 0 Å². The quantitative estimate of drug-likeness (QED) is 0.427. The molecule has 2 heteroatoms. The molecule has 0 aromatic heterocycles. The molecule has 0 fully saturated rings. The second kappa shape index (κ2) is 6.36. The normalized spacial score (nSPS) is 10.3. The number of aryl methyl sites for hydroxylation is 3. The van der Waals surface area contributed by atoms with E-state index in [0.29, 0.717) is 6.61 Å². The van der Waals surface area contributed by atoms with Gasteiger partial charge in [-0.3, -0.25) is 4.79 Å². The molecule has 0 heterocycles. The maximum Gasteiger partial charge on any atom is 0.188 e. The van der Waals surface area contributed by atoms with Crippen molar-refractivity contribution in [2.24, 2.45) is 0 Å². The second-order valence-electron chi connectivity index (χ2n) is 4.30. The smallest absolute Gasteiger partial charge is 0.188 e. The van der Waals surface area contributed by atoms with Crippen LogP contribution in [0.15, 0.2) is 24.8 Å². The van der Waals surface area contributed by atoms with E-state index >= 15 is 0 Å². The fraction of sp³-hybridized carbons (Fsp3) is 0.400. The van der Waals surface area contributed by atoms with Crippen molar-refractivity contribution in [1.82, 2.24) is 0 Å². The minimum atomic E-state index is 0.0506. The minimum Gasteiger partial charge on any atom is -0.373 e. The maximum absolute atomic E-state index is 11.9. The van der Waals surface area contributed by atoms with Crippen LogP contribution < -0.4 is 0 Å². The molecule has 2 nitrogen and oxygen atoms in total. The molecule has 0 N–H and O–H groups in total. The zero-order chi connectivity index (χ0) is 12.8. The Morgan fingerprint density at radius 3 is 2.53 bits per heavy atom. The molecule has 17 heavy (non-hydrogen) atoms. The summed E-state index contributed by atoms with van der Waals surface area (Å²) >= 11 is 0. The number of benzene rings is 1. The molecule has 0 unspecified atom stereocenters. The van der Waals surface area contributed by atoms with E-state index in [0.717, 1.165) is 23.1 Å². The Morgan fingerprint density at radius 2 is 1.88 bits per heavy atom. The monoisotopic (exact) mass is 232 g/mol. The van der Waals surface area contributed by atoms with Crippen LogP contribution in [0.5, 0.6) is 0 Å². The van der Waals surface area contributed by atoms with Gasteiger partial charge >= 0.3 is 0 Å². The molecule has 0 aliphatic rings. The van der Waals surface area contributed by atoms with Crippen molar-refractivity contribution in [3.63, 3.8) is 0 Å². The number of ether oxygens (including phenoxy) is 1. The standard InChI is InChI=1S/C15H20O2/c1-5-6-7-17-10-15(16)14-9-12(3)11(2)8-13(14)4/h5,8-9H,1,6-7,10H2,2-4H3. The van der Waals surface area contributed by atoms with Gasteiger partial charge in [0.2, 0.25) is 0 Å². The highest BCUT2D eigenvalue weighted by atomic mass is 16.5. The van der Waals surface area contributed by atoms with Crippen molar-refractivity contribution in [1.29, 1.82) is 0 Å². The van der Waals surface area contributed by atoms with E-state index in [9.17, 15) is 4.79 Å². The van der Waals surface area contributed by atoms with Crippen molar-refractivity contribution >= 4 is 5.78 Å². The molecular formula is C15H20O2. The van der Waals surface area contributed by atoms with Crippen molar-refractivity contribution in [3.05, 3.63) is 47.0 Å². The van der Waals surface area contributed by atoms with Crippen LogP contribution >= 0.6 is 0 Å². The Bertz CT molecular complexity index is 419. The van der Waals surface area contributed by atoms with Crippen LogP contribution in [0.25, 0.3) is 0 Å². The summed E-state index contributed by atoms with van der Waals surface area (Å²) in [6, 6.07) is 4.00. The number of rotatable bonds is 6. The van der Waals surface area contributed by atoms with Gasteiger partial charge < -0.3 is 4.74 Å². The first-order valence-electron chi connectivity index (χ1n) is 5.86. The number of hydrogen-bond acceptors (Lipinski definition) is 2. The second-order valence-corrected chi connectivity index (χ2v) is 4.30. The van der Waals surface area contributed by atoms with Crippen molar-refractivity contribution in [3.8, 4) is 0 Å². The zero-order valence-electron chi connectivity index (χ0n) is 10.9. The summed E-state index contributed by atoms with van der Waals surface area (Å²) in [5, 5.41) is 0. The topological polar surface area (TPSA) is 26.3 Å². The Hall–Kier alpha value is -1.41. The molecule has 1 aromatic carbocycles. The van der Waals surface area contributed by atoms with Crippen LogP contribution in [0, 0.1) is 20.8 Å². The molecule has 0 aliphatic heterocycles. The highest BCUT2D eigenvalue weighted by Crippen LogP contribution is 2.15. The average Bonchev–Trinajstić information content (AvgIpc) is 2.29. The van der Waals surface area contributed by atoms with Crippen LogP contribution in [-0.4, -0.2) is 19.0 Å². The third-order valence-electron chi connectivity index (χ3n) is 2.84. The van der Waals surface area contributed by atoms with E-state index in [-0.39, 0.29) is 12.4 Å². The van der Waals surface area contributed by atoms with Crippen molar-refractivity contribution in [2.45, 2.75) is 27.2 Å². The highest BCUT2D eigenvalue weighted by molar-refractivity contribution is 5.98. The lowest BCUT2D eigenvalue weighted by Crippen LogP contribution is -2.11. The van der Waals surface area contributed by atoms with Gasteiger partial charge in [0.25, 0.3) is 0 Å². The molecule has 0 atom stereocenters. The molecule has 92 valence electrons. The van der Waals surface area contributed by atoms with Gasteiger partial charge in [-0.15, -0.1) is 6.58 Å². The fourth-order valence-corrected chi connectivity index (χ4v) is 1.67. The zero-order valence-corrected chi connectivity index (χ0v) is 10.9. The summed E-state index contributed by atoms with van der Waals surface area (Å²) < 4.78 is 5.29. The van der Waals surface area contributed by atoms with Gasteiger partial charge in [-0.1, -0.05) is 12.1 Å². The first kappa shape index (κ1) is 13.7. The van der Waals surface area contributed by atoms with Gasteiger partial charge in [0.05, 0.1) is 6.61 Å². The number of ketones is 1. The van der Waals surface area contributed by atoms with Gasteiger partial charge in [-0.2, -0.15) is 0 Å². The molecule has 0 aliphatic carbocycles. The predicted octanol–water partition coefficient (Wildman–Crippen LogP) is 3.39. The molecule has 0 radical (unpaired) electrons. The molecule has 0 saturated heterocycles. The first-order valence-corrected chi connectivity index (χ1v) is 5.86. The van der Waals surface area contributed by atoms with Crippen LogP contribution in [0.1, 0.15) is 33.5 Å². The van der Waals surface area contributed by atoms with Crippen LogP contribution in [0.4, 0.5) is 0 Å². The molecule has 0 amide bonds. The van der Waals surface area contributed by atoms with E-state index in [1.54, 1.807) is 6.08 Å². The van der Waals surface area contributed by atoms with Crippen LogP contribution in [-0.2, 0) is 4.74 Å². The lowest BCUT2D eigenvalue weighted by molar-refractivity contribution is 0.0767. The Balaban J connectivity index is 2.69. The van der Waals surface area contributed by atoms with E-state index in [4.69, 9.17) is 4.74 Å². The van der Waals surface area contributed by atoms with E-state index in [2.05, 4.69) is 13.5 Å². The Kier molecular flexibility index (Phi) is 5.11. The first-order chi connectivity index (χ1) is 8.06. The minimum absolute atomic E-state index is 0.0506. The molecular weight excluding hydrogens is 212 g/mol. The molecule has 0 spiro atoms. The highest BCUT2D eigenvalue weighted by Gasteiger charge is 2.10. The lowest BCUT2D eigenvalue weighted by Gasteiger charge is -2.09. The summed E-state index contributed by atoms with van der Waals surface area (Å²) in [6.45, 7) is 10.3. The SMILES string of the molecule is C=CCCOCC(=O)c1cc(C)c(C)cc1C. The summed E-state index contributed by atoms with van der Waals surface area (Å²) in [6.07, 6.45) is 2.56. The molecule has 0 bridgehead atoms. The Labute approximate surface area is 103 Å². The number of carbonyl (C=O) groups is 1. The summed E-state index contributed by atoms with van der Waals surface area (Å²) in [5.41, 5.74) is 4.15. The van der Waals surface area contributed by atoms with E-state index < -0.39 is 0 Å². The molecule has 0 saturated carbocycles. The van der Waals surface area contributed by atoms with Crippen molar-refractivity contribution < 1.29 is 9.53 Å². The largest absolute Gasteiger partial charge is 0.373 e. The van der Waals surface area contributed by atoms with Gasteiger partial charge in [-0.25, -0.2) is 0 Å². The fourth-order valence-electron chi connectivity index (χ4n) is 1.67. The number of Topliss-reactive ketones (excluding diaryl/α,β-unsaturated/α-hetero) is 1. The van der Waals surface area contributed by atoms with Gasteiger partial charge in [0, 0.05) is 5.56 Å². The summed E-state index contributed by atoms with van der Waals surface area (Å²) in [4.78, 5) is 11.9. The van der Waals surface area contributed by atoms with Crippen molar-refractivity contribution in [2.75, 3.05) is 13.2 Å². The lowest BCUT2D eigenvalue weighted by atomic mass is 9.98. The van der Waals surface area contributed by atoms with Gasteiger partial charge in [0.15, 0.2) is 5.78 Å². The summed E-state index contributed by atoms with van der Waals surface area (Å²) in [7, 11) is 0. The third kappa shape index (κ3) is 3.82. The van der Waals surface area contributed by atoms with E-state index in [1.807, 2.05) is 26.0 Å². The Morgan fingerprint density at radius 1 is 1.24 bits per heavy atom. The van der Waals surface area contributed by atoms with Gasteiger partial charge in [-0.05, 0) is 49.9 Å². The average molecular weight is 232 g/mol. The number of hydrogen-bond donors (Lipinski definition) is 0. The molecule has 1 rings (SSSR count). The maximum atomic E-state index is 11.9. The molecule has 1 aromatic rings. The van der Waals surface area contributed by atoms with Crippen LogP contribution in [0.2, 0.25) is 0 Å².